The van der Waals surface area contributed by atoms with Crippen LogP contribution in [0.25, 0.3) is 10.8 Å². The molecule has 0 fully saturated rings. The van der Waals surface area contributed by atoms with Gasteiger partial charge in [0.25, 0.3) is 0 Å². The van der Waals surface area contributed by atoms with Crippen LogP contribution < -0.4 is 4.74 Å². The van der Waals surface area contributed by atoms with Crippen molar-refractivity contribution in [3.63, 3.8) is 0 Å². The molecule has 0 radical (unpaired) electrons. The molecule has 0 aliphatic rings. The SMILES string of the molecule is CCC(C)(C)C(=O)OCC(O)COC(=O)c1cc2cc(OC)ccc2cc1O. The summed E-state index contributed by atoms with van der Waals surface area (Å²) in [5, 5.41) is 21.4. The maximum absolute atomic E-state index is 12.3. The van der Waals surface area contributed by atoms with Crippen molar-refractivity contribution in [2.45, 2.75) is 33.3 Å². The average molecular weight is 390 g/mol. The van der Waals surface area contributed by atoms with E-state index in [0.717, 1.165) is 5.39 Å². The molecule has 2 N–H and O–H groups in total. The first-order valence-corrected chi connectivity index (χ1v) is 9.01. The Morgan fingerprint density at radius 3 is 2.39 bits per heavy atom. The summed E-state index contributed by atoms with van der Waals surface area (Å²) in [5.74, 6) is -0.832. The van der Waals surface area contributed by atoms with E-state index in [2.05, 4.69) is 0 Å². The normalized spacial score (nSPS) is 12.5. The molecular formula is C21H26O7. The van der Waals surface area contributed by atoms with Crippen LogP contribution in [0.3, 0.4) is 0 Å². The Labute approximate surface area is 163 Å². The molecule has 7 heteroatoms. The van der Waals surface area contributed by atoms with E-state index in [9.17, 15) is 19.8 Å². The maximum Gasteiger partial charge on any atom is 0.342 e. The van der Waals surface area contributed by atoms with Crippen molar-refractivity contribution >= 4 is 22.7 Å². The van der Waals surface area contributed by atoms with Crippen LogP contribution in [0.4, 0.5) is 0 Å². The van der Waals surface area contributed by atoms with Crippen LogP contribution in [0, 0.1) is 5.41 Å². The zero-order chi connectivity index (χ0) is 20.9. The van der Waals surface area contributed by atoms with Crippen molar-refractivity contribution in [2.75, 3.05) is 20.3 Å². The number of aliphatic hydroxyl groups is 1. The minimum Gasteiger partial charge on any atom is -0.507 e. The summed E-state index contributed by atoms with van der Waals surface area (Å²) >= 11 is 0. The molecule has 0 heterocycles. The third kappa shape index (κ3) is 5.13. The molecule has 2 rings (SSSR count). The fourth-order valence-electron chi connectivity index (χ4n) is 2.36. The first-order valence-electron chi connectivity index (χ1n) is 9.01. The predicted octanol–water partition coefficient (Wildman–Crippen LogP) is 3.05. The van der Waals surface area contributed by atoms with Gasteiger partial charge in [-0.15, -0.1) is 0 Å². The van der Waals surface area contributed by atoms with E-state index in [-0.39, 0.29) is 24.5 Å². The first-order chi connectivity index (χ1) is 13.2. The third-order valence-electron chi connectivity index (χ3n) is 4.63. The minimum atomic E-state index is -1.16. The van der Waals surface area contributed by atoms with Crippen LogP contribution in [0.1, 0.15) is 37.6 Å². The van der Waals surface area contributed by atoms with Crippen molar-refractivity contribution < 1.29 is 34.0 Å². The van der Waals surface area contributed by atoms with E-state index in [1.165, 1.54) is 19.2 Å². The number of hydrogen-bond donors (Lipinski definition) is 2. The van der Waals surface area contributed by atoms with Crippen LogP contribution in [0.2, 0.25) is 0 Å². The first kappa shape index (κ1) is 21.5. The number of rotatable bonds is 8. The predicted molar refractivity (Wildman–Crippen MR) is 103 cm³/mol. The van der Waals surface area contributed by atoms with Crippen molar-refractivity contribution in [2.24, 2.45) is 5.41 Å². The molecule has 2 aromatic rings. The quantitative estimate of drug-likeness (QED) is 0.668. The molecule has 0 aliphatic heterocycles. The number of carbonyl (C=O) groups is 2. The molecule has 0 saturated heterocycles. The van der Waals surface area contributed by atoms with Gasteiger partial charge < -0.3 is 24.4 Å². The zero-order valence-electron chi connectivity index (χ0n) is 16.5. The van der Waals surface area contributed by atoms with Crippen LogP contribution in [0.5, 0.6) is 11.5 Å². The highest BCUT2D eigenvalue weighted by Crippen LogP contribution is 2.28. The minimum absolute atomic E-state index is 0.0305. The molecule has 1 atom stereocenters. The number of esters is 2. The summed E-state index contributed by atoms with van der Waals surface area (Å²) in [7, 11) is 1.53. The zero-order valence-corrected chi connectivity index (χ0v) is 16.5. The largest absolute Gasteiger partial charge is 0.507 e. The number of hydrogen-bond acceptors (Lipinski definition) is 7. The smallest absolute Gasteiger partial charge is 0.342 e. The molecule has 1 unspecified atom stereocenters. The molecule has 0 bridgehead atoms. The van der Waals surface area contributed by atoms with Gasteiger partial charge in [-0.25, -0.2) is 4.79 Å². The number of phenolic OH excluding ortho intramolecular Hbond substituents is 1. The van der Waals surface area contributed by atoms with E-state index < -0.39 is 23.5 Å². The van der Waals surface area contributed by atoms with Crippen LogP contribution in [0.15, 0.2) is 30.3 Å². The highest BCUT2D eigenvalue weighted by Gasteiger charge is 2.27. The standard InChI is InChI=1S/C21H26O7/c1-5-21(2,3)20(25)28-12-15(22)11-27-19(24)17-9-14-8-16(26-4)7-6-13(14)10-18(17)23/h6-10,15,22-23H,5,11-12H2,1-4H3. The second-order valence-corrected chi connectivity index (χ2v) is 7.17. The molecule has 0 spiro atoms. The number of aliphatic hydroxyl groups excluding tert-OH is 1. The van der Waals surface area contributed by atoms with Crippen molar-refractivity contribution in [3.8, 4) is 11.5 Å². The second kappa shape index (κ2) is 8.93. The topological polar surface area (TPSA) is 102 Å². The average Bonchev–Trinajstić information content (AvgIpc) is 2.69. The molecule has 0 amide bonds. The molecule has 152 valence electrons. The summed E-state index contributed by atoms with van der Waals surface area (Å²) in [5.41, 5.74) is -0.675. The van der Waals surface area contributed by atoms with Crippen molar-refractivity contribution in [1.82, 2.24) is 0 Å². The molecular weight excluding hydrogens is 364 g/mol. The van der Waals surface area contributed by atoms with Gasteiger partial charge in [-0.3, -0.25) is 4.79 Å². The summed E-state index contributed by atoms with van der Waals surface area (Å²) in [6, 6.07) is 8.19. The molecule has 2 aromatic carbocycles. The molecule has 28 heavy (non-hydrogen) atoms. The highest BCUT2D eigenvalue weighted by molar-refractivity contribution is 5.98. The third-order valence-corrected chi connectivity index (χ3v) is 4.63. The van der Waals surface area contributed by atoms with Gasteiger partial charge in [-0.05, 0) is 55.3 Å². The molecule has 0 aliphatic carbocycles. The number of carbonyl (C=O) groups excluding carboxylic acids is 2. The molecule has 0 aromatic heterocycles. The van der Waals surface area contributed by atoms with Crippen LogP contribution in [-0.4, -0.2) is 48.6 Å². The monoisotopic (exact) mass is 390 g/mol. The summed E-state index contributed by atoms with van der Waals surface area (Å²) < 4.78 is 15.3. The number of phenols is 1. The summed E-state index contributed by atoms with van der Waals surface area (Å²) in [4.78, 5) is 24.2. The Balaban J connectivity index is 1.99. The fourth-order valence-corrected chi connectivity index (χ4v) is 2.36. The van der Waals surface area contributed by atoms with Gasteiger partial charge in [-0.2, -0.15) is 0 Å². The lowest BCUT2D eigenvalue weighted by molar-refractivity contribution is -0.157. The van der Waals surface area contributed by atoms with E-state index >= 15 is 0 Å². The van der Waals surface area contributed by atoms with Crippen LogP contribution in [-0.2, 0) is 14.3 Å². The Bertz CT molecular complexity index is 857. The number of benzene rings is 2. The van der Waals surface area contributed by atoms with E-state index in [0.29, 0.717) is 17.6 Å². The number of methoxy groups -OCH3 is 1. The van der Waals surface area contributed by atoms with Gasteiger partial charge in [-0.1, -0.05) is 13.0 Å². The maximum atomic E-state index is 12.3. The Morgan fingerprint density at radius 2 is 1.75 bits per heavy atom. The van der Waals surface area contributed by atoms with Gasteiger partial charge >= 0.3 is 11.9 Å². The Kier molecular flexibility index (Phi) is 6.85. The van der Waals surface area contributed by atoms with Gasteiger partial charge in [0.1, 0.15) is 36.4 Å². The number of ether oxygens (including phenoxy) is 3. The summed E-state index contributed by atoms with van der Waals surface area (Å²) in [6.45, 7) is 4.72. The highest BCUT2D eigenvalue weighted by atomic mass is 16.6. The van der Waals surface area contributed by atoms with E-state index in [1.54, 1.807) is 32.0 Å². The Morgan fingerprint density at radius 1 is 1.07 bits per heavy atom. The van der Waals surface area contributed by atoms with E-state index in [1.807, 2.05) is 6.92 Å². The van der Waals surface area contributed by atoms with Gasteiger partial charge in [0, 0.05) is 0 Å². The lowest BCUT2D eigenvalue weighted by Crippen LogP contribution is -2.31. The van der Waals surface area contributed by atoms with Gasteiger partial charge in [0.15, 0.2) is 0 Å². The van der Waals surface area contributed by atoms with Crippen molar-refractivity contribution in [1.29, 1.82) is 0 Å². The second-order valence-electron chi connectivity index (χ2n) is 7.17. The lowest BCUT2D eigenvalue weighted by atomic mass is 9.91. The lowest BCUT2D eigenvalue weighted by Gasteiger charge is -2.21. The Hall–Kier alpha value is -2.80. The summed E-state index contributed by atoms with van der Waals surface area (Å²) in [6.07, 6.45) is -0.564. The van der Waals surface area contributed by atoms with Gasteiger partial charge in [0.2, 0.25) is 0 Å². The van der Waals surface area contributed by atoms with E-state index in [4.69, 9.17) is 14.2 Å². The number of fused-ring (bicyclic) bond motifs is 1. The molecule has 7 nitrogen and oxygen atoms in total. The fraction of sp³-hybridized carbons (Fsp3) is 0.429. The molecule has 0 saturated carbocycles. The van der Waals surface area contributed by atoms with Crippen LogP contribution >= 0.6 is 0 Å². The van der Waals surface area contributed by atoms with Gasteiger partial charge in [0.05, 0.1) is 12.5 Å². The number of aromatic hydroxyl groups is 1. The van der Waals surface area contributed by atoms with Crippen molar-refractivity contribution in [3.05, 3.63) is 35.9 Å².